The van der Waals surface area contributed by atoms with Gasteiger partial charge in [-0.2, -0.15) is 0 Å². The van der Waals surface area contributed by atoms with Crippen molar-refractivity contribution in [3.8, 4) is 22.9 Å². The van der Waals surface area contributed by atoms with Gasteiger partial charge in [0.25, 0.3) is 0 Å². The lowest BCUT2D eigenvalue weighted by atomic mass is 9.88. The van der Waals surface area contributed by atoms with Crippen LogP contribution in [-0.2, 0) is 4.79 Å². The number of anilines is 1. The Morgan fingerprint density at radius 3 is 2.32 bits per heavy atom. The number of rotatable bonds is 6. The first-order valence-corrected chi connectivity index (χ1v) is 9.61. The highest BCUT2D eigenvalue weighted by atomic mass is 16.5. The normalized spacial score (nSPS) is 15.1. The van der Waals surface area contributed by atoms with Crippen LogP contribution in [0.25, 0.3) is 5.69 Å². The number of methoxy groups -OCH3 is 3. The van der Waals surface area contributed by atoms with Gasteiger partial charge in [0.15, 0.2) is 0 Å². The van der Waals surface area contributed by atoms with Crippen LogP contribution in [0.15, 0.2) is 48.7 Å². The Morgan fingerprint density at radius 1 is 1.03 bits per heavy atom. The third kappa shape index (κ3) is 3.56. The van der Waals surface area contributed by atoms with Gasteiger partial charge in [-0.3, -0.25) is 4.79 Å². The predicted molar refractivity (Wildman–Crippen MR) is 114 cm³/mol. The molecule has 160 valence electrons. The fourth-order valence-corrected chi connectivity index (χ4v) is 3.92. The second-order valence-electron chi connectivity index (χ2n) is 7.09. The largest absolute Gasteiger partial charge is 0.497 e. The van der Waals surface area contributed by atoms with Crippen molar-refractivity contribution in [3.63, 3.8) is 0 Å². The van der Waals surface area contributed by atoms with E-state index in [2.05, 4.69) is 5.32 Å². The summed E-state index contributed by atoms with van der Waals surface area (Å²) in [7, 11) is 4.68. The predicted octanol–water partition coefficient (Wildman–Crippen LogP) is 3.68. The molecule has 8 nitrogen and oxygen atoms in total. The maximum absolute atomic E-state index is 12.5. The number of nitrogens with zero attached hydrogens (tertiary/aromatic N) is 1. The van der Waals surface area contributed by atoms with Crippen molar-refractivity contribution < 1.29 is 28.9 Å². The number of fused-ring (bicyclic) bond motifs is 1. The van der Waals surface area contributed by atoms with E-state index >= 15 is 0 Å². The van der Waals surface area contributed by atoms with Crippen molar-refractivity contribution in [1.82, 2.24) is 4.57 Å². The summed E-state index contributed by atoms with van der Waals surface area (Å²) in [6, 6.07) is 12.7. The fourth-order valence-electron chi connectivity index (χ4n) is 3.92. The Labute approximate surface area is 179 Å². The van der Waals surface area contributed by atoms with Gasteiger partial charge in [0.1, 0.15) is 22.8 Å². The molecule has 0 spiro atoms. The maximum Gasteiger partial charge on any atom is 0.339 e. The average Bonchev–Trinajstić information content (AvgIpc) is 3.17. The van der Waals surface area contributed by atoms with Crippen LogP contribution < -0.4 is 19.5 Å². The molecule has 1 aliphatic heterocycles. The van der Waals surface area contributed by atoms with Crippen LogP contribution in [0.5, 0.6) is 17.2 Å². The van der Waals surface area contributed by atoms with Gasteiger partial charge in [-0.15, -0.1) is 0 Å². The number of benzene rings is 2. The molecule has 3 aromatic rings. The number of aromatic carboxylic acids is 1. The van der Waals surface area contributed by atoms with Gasteiger partial charge < -0.3 is 29.2 Å². The Hall–Kier alpha value is -3.94. The zero-order chi connectivity index (χ0) is 22.1. The number of hydrogen-bond acceptors (Lipinski definition) is 5. The van der Waals surface area contributed by atoms with Crippen molar-refractivity contribution in [2.45, 2.75) is 12.3 Å². The van der Waals surface area contributed by atoms with E-state index in [1.165, 1.54) is 13.3 Å². The molecule has 0 radical (unpaired) electrons. The van der Waals surface area contributed by atoms with Gasteiger partial charge in [0.2, 0.25) is 5.91 Å². The lowest BCUT2D eigenvalue weighted by Crippen LogP contribution is -2.25. The van der Waals surface area contributed by atoms with E-state index in [1.54, 1.807) is 37.0 Å². The van der Waals surface area contributed by atoms with Crippen molar-refractivity contribution in [3.05, 3.63) is 65.5 Å². The molecule has 0 saturated carbocycles. The van der Waals surface area contributed by atoms with E-state index < -0.39 is 5.97 Å². The molecular formula is C23H22N2O6. The number of hydrogen-bond donors (Lipinski definition) is 2. The molecule has 4 rings (SSSR count). The zero-order valence-corrected chi connectivity index (χ0v) is 17.3. The maximum atomic E-state index is 12.5. The molecule has 1 aromatic heterocycles. The van der Waals surface area contributed by atoms with Crippen LogP contribution >= 0.6 is 0 Å². The van der Waals surface area contributed by atoms with Crippen molar-refractivity contribution in [1.29, 1.82) is 0 Å². The number of ether oxygens (including phenoxy) is 3. The van der Waals surface area contributed by atoms with Crippen LogP contribution in [0.4, 0.5) is 5.69 Å². The Bertz CT molecular complexity index is 1150. The Balaban J connectivity index is 1.95. The number of aromatic nitrogens is 1. The summed E-state index contributed by atoms with van der Waals surface area (Å²) in [5.74, 6) is 0.102. The summed E-state index contributed by atoms with van der Waals surface area (Å²) in [6.45, 7) is 0. The summed E-state index contributed by atoms with van der Waals surface area (Å²) in [4.78, 5) is 24.5. The minimum Gasteiger partial charge on any atom is -0.497 e. The molecule has 2 N–H and O–H groups in total. The van der Waals surface area contributed by atoms with E-state index in [0.29, 0.717) is 34.3 Å². The molecule has 8 heteroatoms. The van der Waals surface area contributed by atoms with Gasteiger partial charge in [0, 0.05) is 24.6 Å². The van der Waals surface area contributed by atoms with Crippen molar-refractivity contribution >= 4 is 17.6 Å². The Morgan fingerprint density at radius 2 is 1.71 bits per heavy atom. The van der Waals surface area contributed by atoms with Crippen molar-refractivity contribution in [2.75, 3.05) is 26.6 Å². The van der Waals surface area contributed by atoms with E-state index in [1.807, 2.05) is 24.3 Å². The number of amides is 1. The summed E-state index contributed by atoms with van der Waals surface area (Å²) in [5.41, 5.74) is 2.50. The highest BCUT2D eigenvalue weighted by Crippen LogP contribution is 2.43. The van der Waals surface area contributed by atoms with Crippen LogP contribution in [0, 0.1) is 0 Å². The lowest BCUT2D eigenvalue weighted by molar-refractivity contribution is -0.116. The highest BCUT2D eigenvalue weighted by molar-refractivity contribution is 6.04. The third-order valence-corrected chi connectivity index (χ3v) is 5.42. The topological polar surface area (TPSA) is 99.0 Å². The number of nitrogens with one attached hydrogen (secondary N) is 1. The first-order valence-electron chi connectivity index (χ1n) is 9.61. The van der Waals surface area contributed by atoms with E-state index in [-0.39, 0.29) is 23.8 Å². The van der Waals surface area contributed by atoms with Gasteiger partial charge in [0.05, 0.1) is 38.4 Å². The zero-order valence-electron chi connectivity index (χ0n) is 17.3. The molecule has 1 amide bonds. The minimum atomic E-state index is -1.13. The van der Waals surface area contributed by atoms with Gasteiger partial charge in [-0.1, -0.05) is 12.1 Å². The molecule has 2 heterocycles. The molecule has 1 aliphatic rings. The fraction of sp³-hybridized carbons (Fsp3) is 0.217. The number of carboxylic acid groups (broad SMARTS) is 1. The third-order valence-electron chi connectivity index (χ3n) is 5.42. The molecular weight excluding hydrogens is 400 g/mol. The van der Waals surface area contributed by atoms with E-state index in [4.69, 9.17) is 14.2 Å². The van der Waals surface area contributed by atoms with E-state index in [0.717, 1.165) is 5.56 Å². The second-order valence-corrected chi connectivity index (χ2v) is 7.09. The molecule has 0 bridgehead atoms. The first kappa shape index (κ1) is 20.3. The number of carboxylic acids is 1. The smallest absolute Gasteiger partial charge is 0.339 e. The molecule has 31 heavy (non-hydrogen) atoms. The molecule has 0 saturated heterocycles. The highest BCUT2D eigenvalue weighted by Gasteiger charge is 2.35. The number of carbonyl (C=O) groups excluding carboxylic acids is 1. The molecule has 0 unspecified atom stereocenters. The van der Waals surface area contributed by atoms with Crippen LogP contribution in [0.1, 0.15) is 34.0 Å². The number of carbonyl (C=O) groups is 2. The standard InChI is InChI=1S/C23H22N2O6/c1-29-14-6-4-13(5-7-14)16-11-20(26)24-21-17(23(27)28)12-25(22(16)21)18-9-8-15(30-2)10-19(18)31-3/h4-10,12,16H,11H2,1-3H3,(H,24,26)(H,27,28)/t16-/m0/s1. The SMILES string of the molecule is COc1ccc([C@@H]2CC(=O)Nc3c(C(=O)O)cn(-c4ccc(OC)cc4OC)c32)cc1. The lowest BCUT2D eigenvalue weighted by Gasteiger charge is -2.27. The van der Waals surface area contributed by atoms with Crippen LogP contribution in [0.3, 0.4) is 0 Å². The molecule has 0 aliphatic carbocycles. The van der Waals surface area contributed by atoms with Gasteiger partial charge in [-0.25, -0.2) is 4.79 Å². The van der Waals surface area contributed by atoms with Crippen molar-refractivity contribution in [2.24, 2.45) is 0 Å². The Kier molecular flexibility index (Phi) is 5.29. The molecule has 0 fully saturated rings. The second kappa shape index (κ2) is 8.06. The quantitative estimate of drug-likeness (QED) is 0.629. The summed E-state index contributed by atoms with van der Waals surface area (Å²) in [5, 5.41) is 12.5. The molecule has 2 aromatic carbocycles. The van der Waals surface area contributed by atoms with Gasteiger partial charge in [-0.05, 0) is 29.8 Å². The summed E-state index contributed by atoms with van der Waals surface area (Å²) < 4.78 is 17.8. The summed E-state index contributed by atoms with van der Waals surface area (Å²) >= 11 is 0. The van der Waals surface area contributed by atoms with Crippen LogP contribution in [0.2, 0.25) is 0 Å². The van der Waals surface area contributed by atoms with Gasteiger partial charge >= 0.3 is 5.97 Å². The molecule has 1 atom stereocenters. The average molecular weight is 422 g/mol. The summed E-state index contributed by atoms with van der Waals surface area (Å²) in [6.07, 6.45) is 1.69. The first-order chi connectivity index (χ1) is 15.0. The monoisotopic (exact) mass is 422 g/mol. The van der Waals surface area contributed by atoms with Crippen LogP contribution in [-0.4, -0.2) is 42.9 Å². The minimum absolute atomic E-state index is 0.0134. The van der Waals surface area contributed by atoms with E-state index in [9.17, 15) is 14.7 Å².